The molecule has 0 spiro atoms. The van der Waals surface area contributed by atoms with Crippen LogP contribution in [0.25, 0.3) is 11.0 Å². The van der Waals surface area contributed by atoms with Crippen LogP contribution in [0.2, 0.25) is 0 Å². The summed E-state index contributed by atoms with van der Waals surface area (Å²) in [5.74, 6) is 1.34. The average molecular weight is 329 g/mol. The second-order valence-electron chi connectivity index (χ2n) is 5.22. The van der Waals surface area contributed by atoms with Gasteiger partial charge in [0, 0.05) is 6.54 Å². The van der Waals surface area contributed by atoms with Crippen LogP contribution in [0.5, 0.6) is 5.75 Å². The molecule has 0 aliphatic heterocycles. The predicted molar refractivity (Wildman–Crippen MR) is 88.9 cm³/mol. The number of anilines is 1. The van der Waals surface area contributed by atoms with Crippen LogP contribution in [0, 0.1) is 0 Å². The lowest BCUT2D eigenvalue weighted by Crippen LogP contribution is -2.13. The topological polar surface area (TPSA) is 105 Å². The Bertz CT molecular complexity index is 803. The van der Waals surface area contributed by atoms with Gasteiger partial charge in [-0.05, 0) is 17.7 Å². The van der Waals surface area contributed by atoms with Gasteiger partial charge in [-0.15, -0.1) is 0 Å². The van der Waals surface area contributed by atoms with Gasteiger partial charge >= 0.3 is 0 Å². The van der Waals surface area contributed by atoms with Crippen LogP contribution < -0.4 is 10.1 Å². The fraction of sp³-hybridized carbons (Fsp3) is 0.312. The molecular formula is C16H19N5O3. The molecule has 3 rings (SSSR count). The van der Waals surface area contributed by atoms with Gasteiger partial charge in [0.05, 0.1) is 37.9 Å². The van der Waals surface area contributed by atoms with Crippen molar-refractivity contribution in [2.75, 3.05) is 25.6 Å². The van der Waals surface area contributed by atoms with E-state index < -0.39 is 6.10 Å². The third kappa shape index (κ3) is 3.29. The van der Waals surface area contributed by atoms with Crippen molar-refractivity contribution in [1.82, 2.24) is 19.7 Å². The van der Waals surface area contributed by atoms with Crippen LogP contribution in [-0.2, 0) is 6.54 Å². The Kier molecular flexibility index (Phi) is 4.88. The Balaban J connectivity index is 1.72. The molecule has 8 nitrogen and oxygen atoms in total. The highest BCUT2D eigenvalue weighted by Crippen LogP contribution is 2.21. The van der Waals surface area contributed by atoms with Crippen molar-refractivity contribution in [2.24, 2.45) is 0 Å². The molecule has 0 aliphatic rings. The van der Waals surface area contributed by atoms with Crippen molar-refractivity contribution >= 4 is 16.9 Å². The number of nitrogens with zero attached hydrogens (tertiary/aromatic N) is 4. The number of benzene rings is 1. The van der Waals surface area contributed by atoms with E-state index in [0.717, 1.165) is 16.7 Å². The molecule has 0 saturated carbocycles. The molecule has 2 heterocycles. The van der Waals surface area contributed by atoms with E-state index in [0.29, 0.717) is 24.6 Å². The first-order valence-corrected chi connectivity index (χ1v) is 7.56. The van der Waals surface area contributed by atoms with Crippen LogP contribution in [-0.4, -0.2) is 50.2 Å². The molecule has 0 unspecified atom stereocenters. The van der Waals surface area contributed by atoms with Gasteiger partial charge < -0.3 is 20.3 Å². The first-order chi connectivity index (χ1) is 11.7. The summed E-state index contributed by atoms with van der Waals surface area (Å²) in [6.07, 6.45) is 2.39. The first-order valence-electron chi connectivity index (χ1n) is 7.56. The zero-order chi connectivity index (χ0) is 16.9. The fourth-order valence-electron chi connectivity index (χ4n) is 2.43. The Morgan fingerprint density at radius 1 is 1.25 bits per heavy atom. The number of aromatic nitrogens is 4. The third-order valence-electron chi connectivity index (χ3n) is 3.71. The number of fused-ring (bicyclic) bond motifs is 1. The largest absolute Gasteiger partial charge is 0.497 e. The van der Waals surface area contributed by atoms with Crippen molar-refractivity contribution in [2.45, 2.75) is 12.6 Å². The van der Waals surface area contributed by atoms with Crippen molar-refractivity contribution in [3.8, 4) is 5.75 Å². The van der Waals surface area contributed by atoms with Crippen LogP contribution in [0.15, 0.2) is 36.8 Å². The van der Waals surface area contributed by atoms with E-state index >= 15 is 0 Å². The number of ether oxygens (including phenoxy) is 1. The van der Waals surface area contributed by atoms with Crippen LogP contribution >= 0.6 is 0 Å². The Morgan fingerprint density at radius 3 is 2.75 bits per heavy atom. The molecule has 3 N–H and O–H groups in total. The number of aliphatic hydroxyl groups excluding tert-OH is 2. The van der Waals surface area contributed by atoms with Crippen LogP contribution in [0.1, 0.15) is 11.7 Å². The zero-order valence-corrected chi connectivity index (χ0v) is 13.3. The van der Waals surface area contributed by atoms with Gasteiger partial charge in [0.1, 0.15) is 17.9 Å². The highest BCUT2D eigenvalue weighted by atomic mass is 16.5. The summed E-state index contributed by atoms with van der Waals surface area (Å²) < 4.78 is 6.72. The van der Waals surface area contributed by atoms with Gasteiger partial charge in [0.15, 0.2) is 5.65 Å². The summed E-state index contributed by atoms with van der Waals surface area (Å²) in [6.45, 7) is 0.651. The summed E-state index contributed by atoms with van der Waals surface area (Å²) in [4.78, 5) is 8.39. The summed E-state index contributed by atoms with van der Waals surface area (Å²) in [5, 5.41) is 27.4. The van der Waals surface area contributed by atoms with Crippen LogP contribution in [0.3, 0.4) is 0 Å². The highest BCUT2D eigenvalue weighted by Gasteiger charge is 2.12. The van der Waals surface area contributed by atoms with E-state index in [1.807, 2.05) is 12.1 Å². The Morgan fingerprint density at radius 2 is 2.04 bits per heavy atom. The SMILES string of the molecule is COc1ccc([C@H](O)CNc2ncnc3c2cnn3CCO)cc1. The molecule has 2 aromatic heterocycles. The van der Waals surface area contributed by atoms with Gasteiger partial charge in [-0.1, -0.05) is 12.1 Å². The number of methoxy groups -OCH3 is 1. The maximum atomic E-state index is 10.3. The van der Waals surface area contributed by atoms with Crippen molar-refractivity contribution in [3.63, 3.8) is 0 Å². The van der Waals surface area contributed by atoms with Crippen LogP contribution in [0.4, 0.5) is 5.82 Å². The minimum Gasteiger partial charge on any atom is -0.497 e. The molecular weight excluding hydrogens is 310 g/mol. The number of nitrogens with one attached hydrogen (secondary N) is 1. The normalized spacial score (nSPS) is 12.3. The number of hydrogen-bond donors (Lipinski definition) is 3. The van der Waals surface area contributed by atoms with Gasteiger partial charge in [-0.2, -0.15) is 5.10 Å². The number of rotatable bonds is 7. The summed E-state index contributed by atoms with van der Waals surface area (Å²) in [7, 11) is 1.60. The standard InChI is InChI=1S/C16H19N5O3/c1-24-12-4-2-11(3-5-12)14(23)9-17-15-13-8-20-21(6-7-22)16(13)19-10-18-15/h2-5,8,10,14,22-23H,6-7,9H2,1H3,(H,17,18,19)/t14-/m1/s1. The van der Waals surface area contributed by atoms with Gasteiger partial charge in [-0.25, -0.2) is 14.6 Å². The van der Waals surface area contributed by atoms with Crippen molar-refractivity contribution < 1.29 is 14.9 Å². The molecule has 0 fully saturated rings. The Labute approximate surface area is 138 Å². The molecule has 0 aliphatic carbocycles. The van der Waals surface area contributed by atoms with Gasteiger partial charge in [0.25, 0.3) is 0 Å². The molecule has 126 valence electrons. The monoisotopic (exact) mass is 329 g/mol. The second kappa shape index (κ2) is 7.24. The average Bonchev–Trinajstić information content (AvgIpc) is 3.04. The Hall–Kier alpha value is -2.71. The summed E-state index contributed by atoms with van der Waals surface area (Å²) >= 11 is 0. The molecule has 1 atom stereocenters. The highest BCUT2D eigenvalue weighted by molar-refractivity contribution is 5.86. The molecule has 3 aromatic rings. The molecule has 0 bridgehead atoms. The van der Waals surface area contributed by atoms with E-state index in [-0.39, 0.29) is 6.61 Å². The van der Waals surface area contributed by atoms with E-state index in [2.05, 4.69) is 20.4 Å². The zero-order valence-electron chi connectivity index (χ0n) is 13.3. The molecule has 0 saturated heterocycles. The summed E-state index contributed by atoms with van der Waals surface area (Å²) in [5.41, 5.74) is 1.42. The maximum absolute atomic E-state index is 10.3. The second-order valence-corrected chi connectivity index (χ2v) is 5.22. The van der Waals surface area contributed by atoms with E-state index in [4.69, 9.17) is 9.84 Å². The van der Waals surface area contributed by atoms with Crippen molar-refractivity contribution in [1.29, 1.82) is 0 Å². The molecule has 0 radical (unpaired) electrons. The smallest absolute Gasteiger partial charge is 0.163 e. The number of aliphatic hydroxyl groups is 2. The molecule has 0 amide bonds. The maximum Gasteiger partial charge on any atom is 0.163 e. The van der Waals surface area contributed by atoms with E-state index in [1.165, 1.54) is 6.33 Å². The lowest BCUT2D eigenvalue weighted by Gasteiger charge is -2.13. The summed E-state index contributed by atoms with van der Waals surface area (Å²) in [6, 6.07) is 7.25. The first kappa shape index (κ1) is 16.2. The van der Waals surface area contributed by atoms with E-state index in [1.54, 1.807) is 30.1 Å². The number of hydrogen-bond acceptors (Lipinski definition) is 7. The lowest BCUT2D eigenvalue weighted by atomic mass is 10.1. The molecule has 24 heavy (non-hydrogen) atoms. The van der Waals surface area contributed by atoms with Crippen molar-refractivity contribution in [3.05, 3.63) is 42.4 Å². The van der Waals surface area contributed by atoms with Gasteiger partial charge in [-0.3, -0.25) is 0 Å². The minimum atomic E-state index is -0.687. The molecule has 8 heteroatoms. The minimum absolute atomic E-state index is 0.0142. The fourth-order valence-corrected chi connectivity index (χ4v) is 2.43. The van der Waals surface area contributed by atoms with E-state index in [9.17, 15) is 5.11 Å². The quantitative estimate of drug-likeness (QED) is 0.593. The third-order valence-corrected chi connectivity index (χ3v) is 3.71. The lowest BCUT2D eigenvalue weighted by molar-refractivity contribution is 0.191. The molecule has 1 aromatic carbocycles. The predicted octanol–water partition coefficient (Wildman–Crippen LogP) is 0.973. The van der Waals surface area contributed by atoms with Gasteiger partial charge in [0.2, 0.25) is 0 Å².